The van der Waals surface area contributed by atoms with Crippen molar-refractivity contribution in [3.63, 3.8) is 0 Å². The summed E-state index contributed by atoms with van der Waals surface area (Å²) in [6, 6.07) is 5.62. The number of fused-ring (bicyclic) bond motifs is 1. The summed E-state index contributed by atoms with van der Waals surface area (Å²) in [5.74, 6) is -1.55. The van der Waals surface area contributed by atoms with Crippen LogP contribution < -0.4 is 4.90 Å². The molecule has 0 unspecified atom stereocenters. The van der Waals surface area contributed by atoms with Crippen LogP contribution in [0.15, 0.2) is 29.6 Å². The van der Waals surface area contributed by atoms with Crippen LogP contribution in [0, 0.1) is 11.6 Å². The maximum Gasteiger partial charge on any atom is 0.270 e. The zero-order valence-electron chi connectivity index (χ0n) is 14.8. The fourth-order valence-corrected chi connectivity index (χ4v) is 4.65. The van der Waals surface area contributed by atoms with Gasteiger partial charge in [0.1, 0.15) is 11.3 Å². The predicted octanol–water partition coefficient (Wildman–Crippen LogP) is 4.04. The molecule has 1 aliphatic rings. The lowest BCUT2D eigenvalue weighted by Crippen LogP contribution is -2.43. The number of amides is 1. The van der Waals surface area contributed by atoms with Crippen molar-refractivity contribution in [2.45, 2.75) is 0 Å². The van der Waals surface area contributed by atoms with E-state index in [4.69, 9.17) is 4.74 Å². The highest BCUT2D eigenvalue weighted by Gasteiger charge is 2.24. The monoisotopic (exact) mass is 445 g/mol. The second kappa shape index (κ2) is 9.23. The summed E-state index contributed by atoms with van der Waals surface area (Å²) >= 11 is 2.47. The molecular formula is C18H18ClF2N3O2S2. The van der Waals surface area contributed by atoms with Crippen molar-refractivity contribution in [2.75, 3.05) is 44.3 Å². The fourth-order valence-electron chi connectivity index (χ4n) is 2.94. The third kappa shape index (κ3) is 4.49. The first kappa shape index (κ1) is 21.1. The largest absolute Gasteiger partial charge is 0.379 e. The van der Waals surface area contributed by atoms with E-state index in [1.807, 2.05) is 11.4 Å². The van der Waals surface area contributed by atoms with E-state index in [0.717, 1.165) is 30.5 Å². The van der Waals surface area contributed by atoms with E-state index in [9.17, 15) is 13.6 Å². The molecule has 1 aliphatic heterocycles. The lowest BCUT2D eigenvalue weighted by Gasteiger charge is -2.29. The molecule has 4 rings (SSSR count). The van der Waals surface area contributed by atoms with Crippen LogP contribution >= 0.6 is 35.1 Å². The van der Waals surface area contributed by atoms with E-state index in [0.29, 0.717) is 41.0 Å². The predicted molar refractivity (Wildman–Crippen MR) is 110 cm³/mol. The van der Waals surface area contributed by atoms with Crippen molar-refractivity contribution in [3.05, 3.63) is 46.2 Å². The Labute approximate surface area is 174 Å². The van der Waals surface area contributed by atoms with Gasteiger partial charge in [-0.3, -0.25) is 14.6 Å². The Morgan fingerprint density at radius 2 is 2.07 bits per heavy atom. The number of rotatable bonds is 5. The van der Waals surface area contributed by atoms with Crippen molar-refractivity contribution in [2.24, 2.45) is 0 Å². The molecule has 10 heteroatoms. The molecule has 0 radical (unpaired) electrons. The normalized spacial score (nSPS) is 14.8. The van der Waals surface area contributed by atoms with Gasteiger partial charge in [0.2, 0.25) is 0 Å². The number of hydrogen-bond acceptors (Lipinski definition) is 6. The topological polar surface area (TPSA) is 45.7 Å². The molecule has 0 spiro atoms. The van der Waals surface area contributed by atoms with Crippen molar-refractivity contribution >= 4 is 56.3 Å². The van der Waals surface area contributed by atoms with E-state index in [1.165, 1.54) is 17.4 Å². The number of halogens is 3. The summed E-state index contributed by atoms with van der Waals surface area (Å²) < 4.78 is 33.3. The maximum absolute atomic E-state index is 14.1. The van der Waals surface area contributed by atoms with Gasteiger partial charge < -0.3 is 4.74 Å². The first-order valence-electron chi connectivity index (χ1n) is 8.53. The van der Waals surface area contributed by atoms with E-state index in [2.05, 4.69) is 9.88 Å². The lowest BCUT2D eigenvalue weighted by molar-refractivity contribution is 0.0391. The van der Waals surface area contributed by atoms with Crippen LogP contribution in [0.4, 0.5) is 13.9 Å². The van der Waals surface area contributed by atoms with Gasteiger partial charge in [0.15, 0.2) is 10.9 Å². The molecule has 0 atom stereocenters. The molecule has 0 aliphatic carbocycles. The number of aromatic nitrogens is 1. The van der Waals surface area contributed by atoms with Gasteiger partial charge in [-0.05, 0) is 17.5 Å². The van der Waals surface area contributed by atoms with Crippen molar-refractivity contribution in [1.29, 1.82) is 0 Å². The SMILES string of the molecule is Cl.O=C(c1cccs1)N(CCN1CCOCC1)c1nc2c(F)cc(F)cc2s1. The average molecular weight is 446 g/mol. The quantitative estimate of drug-likeness (QED) is 0.594. The smallest absolute Gasteiger partial charge is 0.270 e. The summed E-state index contributed by atoms with van der Waals surface area (Å²) in [6.07, 6.45) is 0. The van der Waals surface area contributed by atoms with Crippen LogP contribution in [-0.4, -0.2) is 55.2 Å². The van der Waals surface area contributed by atoms with Gasteiger partial charge in [-0.25, -0.2) is 13.8 Å². The van der Waals surface area contributed by atoms with Gasteiger partial charge in [-0.2, -0.15) is 0 Å². The van der Waals surface area contributed by atoms with Crippen LogP contribution in [0.25, 0.3) is 10.2 Å². The Hall–Kier alpha value is -1.65. The first-order chi connectivity index (χ1) is 13.1. The van der Waals surface area contributed by atoms with Crippen LogP contribution in [-0.2, 0) is 4.74 Å². The number of carbonyl (C=O) groups is 1. The standard InChI is InChI=1S/C18H17F2N3O2S2.ClH/c19-12-10-13(20)16-15(11-12)27-18(21-16)23(17(24)14-2-1-9-26-14)4-3-22-5-7-25-8-6-22;/h1-2,9-11H,3-8H2;1H. The minimum absolute atomic E-state index is 0. The Kier molecular flexibility index (Phi) is 6.95. The minimum atomic E-state index is -0.718. The number of hydrogen-bond donors (Lipinski definition) is 0. The number of thiazole rings is 1. The maximum atomic E-state index is 14.1. The highest BCUT2D eigenvalue weighted by Crippen LogP contribution is 2.32. The van der Waals surface area contributed by atoms with Gasteiger partial charge >= 0.3 is 0 Å². The molecule has 1 amide bonds. The van der Waals surface area contributed by atoms with Crippen LogP contribution in [0.2, 0.25) is 0 Å². The number of thiophene rings is 1. The highest BCUT2D eigenvalue weighted by molar-refractivity contribution is 7.22. The Morgan fingerprint density at radius 3 is 2.79 bits per heavy atom. The third-order valence-corrected chi connectivity index (χ3v) is 6.24. The van der Waals surface area contributed by atoms with Crippen molar-refractivity contribution < 1.29 is 18.3 Å². The minimum Gasteiger partial charge on any atom is -0.379 e. The molecule has 0 bridgehead atoms. The zero-order chi connectivity index (χ0) is 18.8. The van der Waals surface area contributed by atoms with Crippen LogP contribution in [0.3, 0.4) is 0 Å². The van der Waals surface area contributed by atoms with E-state index < -0.39 is 11.6 Å². The zero-order valence-corrected chi connectivity index (χ0v) is 17.2. The summed E-state index contributed by atoms with van der Waals surface area (Å²) in [5.41, 5.74) is 0.0896. The molecule has 3 heterocycles. The van der Waals surface area contributed by atoms with Crippen LogP contribution in [0.5, 0.6) is 0 Å². The van der Waals surface area contributed by atoms with E-state index in [-0.39, 0.29) is 23.8 Å². The molecule has 28 heavy (non-hydrogen) atoms. The second-order valence-corrected chi connectivity index (χ2v) is 8.08. The van der Waals surface area contributed by atoms with Crippen molar-refractivity contribution in [1.82, 2.24) is 9.88 Å². The second-order valence-electron chi connectivity index (χ2n) is 6.12. The molecule has 3 aromatic rings. The number of anilines is 1. The Bertz CT molecular complexity index is 946. The molecule has 2 aromatic heterocycles. The summed E-state index contributed by atoms with van der Waals surface area (Å²) in [7, 11) is 0. The molecule has 1 saturated heterocycles. The van der Waals surface area contributed by atoms with Gasteiger partial charge in [-0.1, -0.05) is 17.4 Å². The van der Waals surface area contributed by atoms with Crippen molar-refractivity contribution in [3.8, 4) is 0 Å². The van der Waals surface area contributed by atoms with Gasteiger partial charge in [0.25, 0.3) is 5.91 Å². The molecule has 0 N–H and O–H groups in total. The molecule has 5 nitrogen and oxygen atoms in total. The lowest BCUT2D eigenvalue weighted by atomic mass is 10.3. The molecule has 150 valence electrons. The first-order valence-corrected chi connectivity index (χ1v) is 10.2. The van der Waals surface area contributed by atoms with Gasteiger partial charge in [-0.15, -0.1) is 23.7 Å². The number of morpholine rings is 1. The molecule has 0 saturated carbocycles. The molecule has 1 aromatic carbocycles. The fraction of sp³-hybridized carbons (Fsp3) is 0.333. The average Bonchev–Trinajstić information content (AvgIpc) is 3.32. The number of nitrogens with zero attached hydrogens (tertiary/aromatic N) is 3. The molecule has 1 fully saturated rings. The highest BCUT2D eigenvalue weighted by atomic mass is 35.5. The van der Waals surface area contributed by atoms with E-state index >= 15 is 0 Å². The summed E-state index contributed by atoms with van der Waals surface area (Å²) in [4.78, 5) is 21.7. The Balaban J connectivity index is 0.00000225. The summed E-state index contributed by atoms with van der Waals surface area (Å²) in [5, 5.41) is 2.21. The number of ether oxygens (including phenoxy) is 1. The third-order valence-electron chi connectivity index (χ3n) is 4.35. The number of benzene rings is 1. The van der Waals surface area contributed by atoms with Gasteiger partial charge in [0.05, 0.1) is 22.8 Å². The van der Waals surface area contributed by atoms with Crippen LogP contribution in [0.1, 0.15) is 9.67 Å². The number of carbonyl (C=O) groups excluding carboxylic acids is 1. The van der Waals surface area contributed by atoms with E-state index in [1.54, 1.807) is 11.0 Å². The van der Waals surface area contributed by atoms with Gasteiger partial charge in [0, 0.05) is 32.2 Å². The molecular weight excluding hydrogens is 428 g/mol. The summed E-state index contributed by atoms with van der Waals surface area (Å²) in [6.45, 7) is 4.03. The Morgan fingerprint density at radius 1 is 1.29 bits per heavy atom.